The third-order valence-electron chi connectivity index (χ3n) is 2.79. The lowest BCUT2D eigenvalue weighted by atomic mass is 10.2. The lowest BCUT2D eigenvalue weighted by molar-refractivity contribution is 0.533. The van der Waals surface area contributed by atoms with E-state index < -0.39 is 11.6 Å². The van der Waals surface area contributed by atoms with Gasteiger partial charge >= 0.3 is 0 Å². The smallest absolute Gasteiger partial charge is 0.140 e. The Balaban J connectivity index is 2.02. The summed E-state index contributed by atoms with van der Waals surface area (Å²) in [6.07, 6.45) is 2.35. The molecular weight excluding hydrogens is 252 g/mol. The van der Waals surface area contributed by atoms with Crippen molar-refractivity contribution in [1.82, 2.24) is 5.32 Å². The first-order chi connectivity index (χ1) is 8.56. The Morgan fingerprint density at radius 1 is 1.28 bits per heavy atom. The van der Waals surface area contributed by atoms with Gasteiger partial charge in [-0.15, -0.1) is 11.8 Å². The van der Waals surface area contributed by atoms with E-state index in [1.54, 1.807) is 0 Å². The molecule has 18 heavy (non-hydrogen) atoms. The van der Waals surface area contributed by atoms with Crippen molar-refractivity contribution in [1.29, 1.82) is 0 Å². The van der Waals surface area contributed by atoms with Crippen molar-refractivity contribution in [3.8, 4) is 0 Å². The average molecular weight is 271 g/mol. The Morgan fingerprint density at radius 3 is 2.39 bits per heavy atom. The van der Waals surface area contributed by atoms with Crippen LogP contribution in [-0.4, -0.2) is 11.8 Å². The second-order valence-electron chi connectivity index (χ2n) is 5.25. The molecule has 0 bridgehead atoms. The summed E-state index contributed by atoms with van der Waals surface area (Å²) in [4.78, 5) is 0.152. The molecule has 4 heteroatoms. The van der Waals surface area contributed by atoms with Gasteiger partial charge in [0.25, 0.3) is 0 Å². The van der Waals surface area contributed by atoms with Gasteiger partial charge in [0.15, 0.2) is 0 Å². The van der Waals surface area contributed by atoms with Crippen LogP contribution >= 0.6 is 11.8 Å². The van der Waals surface area contributed by atoms with Crippen molar-refractivity contribution in [2.45, 2.75) is 44.2 Å². The van der Waals surface area contributed by atoms with Gasteiger partial charge in [0.1, 0.15) is 11.6 Å². The molecule has 0 saturated heterocycles. The first-order valence-electron chi connectivity index (χ1n) is 6.40. The summed E-state index contributed by atoms with van der Waals surface area (Å²) in [6.45, 7) is 4.63. The molecule has 0 aromatic heterocycles. The zero-order valence-electron chi connectivity index (χ0n) is 10.8. The van der Waals surface area contributed by atoms with E-state index in [1.165, 1.54) is 36.7 Å². The van der Waals surface area contributed by atoms with Crippen LogP contribution in [0.15, 0.2) is 17.0 Å². The van der Waals surface area contributed by atoms with Gasteiger partial charge < -0.3 is 5.32 Å². The number of nitrogens with one attached hydrogen (secondary N) is 1. The van der Waals surface area contributed by atoms with Crippen LogP contribution in [0, 0.1) is 17.6 Å². The van der Waals surface area contributed by atoms with Gasteiger partial charge in [-0.1, -0.05) is 13.8 Å². The first-order valence-corrected chi connectivity index (χ1v) is 7.39. The molecule has 1 aliphatic rings. The number of halogens is 2. The molecule has 1 aromatic carbocycles. The number of hydrogen-bond acceptors (Lipinski definition) is 2. The fourth-order valence-corrected chi connectivity index (χ4v) is 2.55. The molecule has 100 valence electrons. The summed E-state index contributed by atoms with van der Waals surface area (Å²) in [5, 5.41) is 3.26. The molecule has 1 N–H and O–H groups in total. The van der Waals surface area contributed by atoms with Crippen molar-refractivity contribution in [2.75, 3.05) is 5.75 Å². The molecule has 0 amide bonds. The number of thioether (sulfide) groups is 1. The standard InChI is InChI=1S/C14H19F2NS/c1-9(2)8-18-14-12(15)5-10(6-13(14)16)7-17-11-3-4-11/h5-6,9,11,17H,3-4,7-8H2,1-2H3. The topological polar surface area (TPSA) is 12.0 Å². The average Bonchev–Trinajstić information content (AvgIpc) is 3.08. The fraction of sp³-hybridized carbons (Fsp3) is 0.571. The normalized spacial score (nSPS) is 15.4. The Morgan fingerprint density at radius 2 is 1.89 bits per heavy atom. The monoisotopic (exact) mass is 271 g/mol. The van der Waals surface area contributed by atoms with E-state index in [0.29, 0.717) is 24.1 Å². The largest absolute Gasteiger partial charge is 0.310 e. The third-order valence-corrected chi connectivity index (χ3v) is 4.30. The van der Waals surface area contributed by atoms with E-state index in [2.05, 4.69) is 5.32 Å². The Hall–Kier alpha value is -0.610. The number of hydrogen-bond donors (Lipinski definition) is 1. The molecular formula is C14H19F2NS. The molecule has 1 aromatic rings. The van der Waals surface area contributed by atoms with Crippen LogP contribution in [0.3, 0.4) is 0 Å². The highest BCUT2D eigenvalue weighted by Crippen LogP contribution is 2.28. The quantitative estimate of drug-likeness (QED) is 0.786. The zero-order chi connectivity index (χ0) is 13.1. The van der Waals surface area contributed by atoms with Crippen LogP contribution in [0.1, 0.15) is 32.3 Å². The number of benzene rings is 1. The summed E-state index contributed by atoms with van der Waals surface area (Å²) in [7, 11) is 0. The van der Waals surface area contributed by atoms with E-state index in [0.717, 1.165) is 5.75 Å². The van der Waals surface area contributed by atoms with Crippen molar-refractivity contribution in [2.24, 2.45) is 5.92 Å². The van der Waals surface area contributed by atoms with E-state index in [-0.39, 0.29) is 4.90 Å². The van der Waals surface area contributed by atoms with Gasteiger partial charge in [0.2, 0.25) is 0 Å². The van der Waals surface area contributed by atoms with E-state index in [1.807, 2.05) is 13.8 Å². The second kappa shape index (κ2) is 6.02. The summed E-state index contributed by atoms with van der Waals surface area (Å²) in [6, 6.07) is 3.44. The molecule has 0 spiro atoms. The minimum atomic E-state index is -0.437. The molecule has 0 heterocycles. The Bertz CT molecular complexity index is 393. The van der Waals surface area contributed by atoms with E-state index >= 15 is 0 Å². The molecule has 2 rings (SSSR count). The summed E-state index contributed by atoms with van der Waals surface area (Å²) in [5.41, 5.74) is 0.686. The zero-order valence-corrected chi connectivity index (χ0v) is 11.6. The van der Waals surface area contributed by atoms with Crippen LogP contribution in [0.25, 0.3) is 0 Å². The molecule has 0 radical (unpaired) electrons. The van der Waals surface area contributed by atoms with Crippen molar-refractivity contribution in [3.05, 3.63) is 29.3 Å². The van der Waals surface area contributed by atoms with Crippen LogP contribution in [0.5, 0.6) is 0 Å². The third kappa shape index (κ3) is 3.95. The van der Waals surface area contributed by atoms with Crippen LogP contribution < -0.4 is 5.32 Å². The highest BCUT2D eigenvalue weighted by Gasteiger charge is 2.20. The highest BCUT2D eigenvalue weighted by molar-refractivity contribution is 7.99. The van der Waals surface area contributed by atoms with Crippen molar-refractivity contribution >= 4 is 11.8 Å². The molecule has 1 nitrogen and oxygen atoms in total. The van der Waals surface area contributed by atoms with Crippen molar-refractivity contribution < 1.29 is 8.78 Å². The van der Waals surface area contributed by atoms with Crippen molar-refractivity contribution in [3.63, 3.8) is 0 Å². The van der Waals surface area contributed by atoms with E-state index in [4.69, 9.17) is 0 Å². The van der Waals surface area contributed by atoms with Gasteiger partial charge in [-0.2, -0.15) is 0 Å². The van der Waals surface area contributed by atoms with Gasteiger partial charge in [0.05, 0.1) is 4.90 Å². The van der Waals surface area contributed by atoms with Gasteiger partial charge in [-0.3, -0.25) is 0 Å². The van der Waals surface area contributed by atoms with Gasteiger partial charge in [-0.05, 0) is 36.5 Å². The maximum atomic E-state index is 13.8. The molecule has 1 fully saturated rings. The summed E-state index contributed by atoms with van der Waals surface area (Å²) in [5.74, 6) is 0.277. The number of rotatable bonds is 6. The lowest BCUT2D eigenvalue weighted by Crippen LogP contribution is -2.15. The molecule has 0 atom stereocenters. The molecule has 0 unspecified atom stereocenters. The predicted octanol–water partition coefficient (Wildman–Crippen LogP) is 3.96. The predicted molar refractivity (Wildman–Crippen MR) is 71.8 cm³/mol. The van der Waals surface area contributed by atoms with Crippen LogP contribution in [-0.2, 0) is 6.54 Å². The Kier molecular flexibility index (Phi) is 4.62. The second-order valence-corrected chi connectivity index (χ2v) is 6.28. The molecule has 1 aliphatic carbocycles. The van der Waals surface area contributed by atoms with Crippen LogP contribution in [0.2, 0.25) is 0 Å². The lowest BCUT2D eigenvalue weighted by Gasteiger charge is -2.10. The van der Waals surface area contributed by atoms with Gasteiger partial charge in [0, 0.05) is 18.3 Å². The molecule has 0 aliphatic heterocycles. The fourth-order valence-electron chi connectivity index (χ4n) is 1.65. The van der Waals surface area contributed by atoms with Gasteiger partial charge in [-0.25, -0.2) is 8.78 Å². The minimum Gasteiger partial charge on any atom is -0.310 e. The highest BCUT2D eigenvalue weighted by atomic mass is 32.2. The van der Waals surface area contributed by atoms with Crippen LogP contribution in [0.4, 0.5) is 8.78 Å². The molecule has 1 saturated carbocycles. The summed E-state index contributed by atoms with van der Waals surface area (Å²) < 4.78 is 27.6. The van der Waals surface area contributed by atoms with E-state index in [9.17, 15) is 8.78 Å². The summed E-state index contributed by atoms with van der Waals surface area (Å²) >= 11 is 1.26. The SMILES string of the molecule is CC(C)CSc1c(F)cc(CNC2CC2)cc1F. The first kappa shape index (κ1) is 13.8. The maximum absolute atomic E-state index is 13.8. The maximum Gasteiger partial charge on any atom is 0.140 e. The minimum absolute atomic E-state index is 0.152. The Labute approximate surface area is 111 Å².